The molecule has 0 unspecified atom stereocenters. The molecule has 4 aromatic rings. The lowest BCUT2D eigenvalue weighted by Crippen LogP contribution is -2.21. The zero-order valence-electron chi connectivity index (χ0n) is 14.9. The number of nitrogens with zero attached hydrogens (tertiary/aromatic N) is 2. The zero-order valence-corrected chi connectivity index (χ0v) is 17.3. The standard InChI is InChI=1S/C21H17ClN2OS2/c1-13-14(2)27-19-18(13)20(25)24(17-6-4-3-5-7-17)21(23-19)26-12-15-8-10-16(22)11-9-15/h3-11H,12H2,1-2H3. The molecule has 0 saturated carbocycles. The van der Waals surface area contributed by atoms with Crippen LogP contribution in [-0.4, -0.2) is 9.55 Å². The second-order valence-electron chi connectivity index (χ2n) is 6.25. The highest BCUT2D eigenvalue weighted by Crippen LogP contribution is 2.30. The number of fused-ring (bicyclic) bond motifs is 1. The van der Waals surface area contributed by atoms with E-state index >= 15 is 0 Å². The molecule has 0 N–H and O–H groups in total. The number of thiophene rings is 1. The van der Waals surface area contributed by atoms with Gasteiger partial charge in [-0.2, -0.15) is 0 Å². The Morgan fingerprint density at radius 3 is 2.48 bits per heavy atom. The van der Waals surface area contributed by atoms with Crippen LogP contribution in [0.4, 0.5) is 0 Å². The Balaban J connectivity index is 1.85. The number of hydrogen-bond donors (Lipinski definition) is 0. The van der Waals surface area contributed by atoms with Crippen LogP contribution >= 0.6 is 34.7 Å². The molecule has 0 fully saturated rings. The summed E-state index contributed by atoms with van der Waals surface area (Å²) < 4.78 is 1.72. The summed E-state index contributed by atoms with van der Waals surface area (Å²) in [6.07, 6.45) is 0. The Morgan fingerprint density at radius 1 is 1.07 bits per heavy atom. The highest BCUT2D eigenvalue weighted by molar-refractivity contribution is 7.98. The fourth-order valence-electron chi connectivity index (χ4n) is 2.91. The van der Waals surface area contributed by atoms with Crippen LogP contribution in [0.25, 0.3) is 15.9 Å². The molecule has 0 amide bonds. The Bertz CT molecular complexity index is 1160. The zero-order chi connectivity index (χ0) is 19.0. The summed E-state index contributed by atoms with van der Waals surface area (Å²) in [7, 11) is 0. The fourth-order valence-corrected chi connectivity index (χ4v) is 5.07. The normalized spacial score (nSPS) is 11.2. The maximum Gasteiger partial charge on any atom is 0.267 e. The Hall–Kier alpha value is -2.08. The maximum atomic E-state index is 13.3. The lowest BCUT2D eigenvalue weighted by molar-refractivity contribution is 0.822. The number of aryl methyl sites for hydroxylation is 2. The molecular weight excluding hydrogens is 396 g/mol. The van der Waals surface area contributed by atoms with E-state index in [0.29, 0.717) is 15.9 Å². The third-order valence-corrected chi connectivity index (χ3v) is 6.83. The van der Waals surface area contributed by atoms with Crippen LogP contribution in [-0.2, 0) is 5.75 Å². The minimum Gasteiger partial charge on any atom is -0.268 e. The van der Waals surface area contributed by atoms with Crippen molar-refractivity contribution in [3.05, 3.63) is 86.0 Å². The number of halogens is 1. The first kappa shape index (κ1) is 18.3. The van der Waals surface area contributed by atoms with Crippen molar-refractivity contribution >= 4 is 44.9 Å². The van der Waals surface area contributed by atoms with Crippen LogP contribution in [0.2, 0.25) is 5.02 Å². The van der Waals surface area contributed by atoms with Gasteiger partial charge in [0.05, 0.1) is 11.1 Å². The van der Waals surface area contributed by atoms with Crippen molar-refractivity contribution in [2.75, 3.05) is 0 Å². The highest BCUT2D eigenvalue weighted by atomic mass is 35.5. The maximum absolute atomic E-state index is 13.3. The van der Waals surface area contributed by atoms with Gasteiger partial charge in [-0.25, -0.2) is 4.98 Å². The summed E-state index contributed by atoms with van der Waals surface area (Å²) in [4.78, 5) is 20.1. The summed E-state index contributed by atoms with van der Waals surface area (Å²) in [6.45, 7) is 4.03. The molecule has 0 atom stereocenters. The van der Waals surface area contributed by atoms with Crippen molar-refractivity contribution in [2.45, 2.75) is 24.8 Å². The number of rotatable bonds is 4. The average Bonchev–Trinajstić information content (AvgIpc) is 2.96. The number of para-hydroxylation sites is 1. The van der Waals surface area contributed by atoms with Gasteiger partial charge < -0.3 is 0 Å². The van der Waals surface area contributed by atoms with Gasteiger partial charge in [-0.1, -0.05) is 53.7 Å². The van der Waals surface area contributed by atoms with E-state index in [4.69, 9.17) is 16.6 Å². The summed E-state index contributed by atoms with van der Waals surface area (Å²) in [5.41, 5.74) is 2.98. The van der Waals surface area contributed by atoms with Crippen molar-refractivity contribution in [3.63, 3.8) is 0 Å². The molecule has 0 aliphatic carbocycles. The average molecular weight is 413 g/mol. The highest BCUT2D eigenvalue weighted by Gasteiger charge is 2.18. The van der Waals surface area contributed by atoms with E-state index in [2.05, 4.69) is 0 Å². The quantitative estimate of drug-likeness (QED) is 0.304. The monoisotopic (exact) mass is 412 g/mol. The van der Waals surface area contributed by atoms with E-state index in [1.54, 1.807) is 27.7 Å². The fraction of sp³-hybridized carbons (Fsp3) is 0.143. The first-order valence-electron chi connectivity index (χ1n) is 8.50. The molecule has 2 aromatic carbocycles. The van der Waals surface area contributed by atoms with Crippen molar-refractivity contribution < 1.29 is 0 Å². The molecule has 136 valence electrons. The lowest BCUT2D eigenvalue weighted by atomic mass is 10.2. The third kappa shape index (κ3) is 3.55. The number of benzene rings is 2. The second kappa shape index (κ2) is 7.50. The molecule has 2 heterocycles. The Morgan fingerprint density at radius 2 is 1.78 bits per heavy atom. The minimum atomic E-state index is -0.00773. The third-order valence-electron chi connectivity index (χ3n) is 4.47. The molecule has 4 rings (SSSR count). The van der Waals surface area contributed by atoms with E-state index in [0.717, 1.165) is 31.9 Å². The van der Waals surface area contributed by atoms with Gasteiger partial charge in [0.25, 0.3) is 5.56 Å². The van der Waals surface area contributed by atoms with Gasteiger partial charge in [0.15, 0.2) is 5.16 Å². The summed E-state index contributed by atoms with van der Waals surface area (Å²) in [5.74, 6) is 0.714. The van der Waals surface area contributed by atoms with Gasteiger partial charge in [-0.15, -0.1) is 11.3 Å². The van der Waals surface area contributed by atoms with Crippen LogP contribution in [0.3, 0.4) is 0 Å². The van der Waals surface area contributed by atoms with Gasteiger partial charge in [0, 0.05) is 15.7 Å². The van der Waals surface area contributed by atoms with Gasteiger partial charge in [-0.3, -0.25) is 9.36 Å². The minimum absolute atomic E-state index is 0.00773. The molecule has 3 nitrogen and oxygen atoms in total. The molecule has 0 aliphatic rings. The van der Waals surface area contributed by atoms with Crippen molar-refractivity contribution in [1.29, 1.82) is 0 Å². The van der Waals surface area contributed by atoms with Crippen LogP contribution < -0.4 is 5.56 Å². The second-order valence-corrected chi connectivity index (χ2v) is 8.83. The molecule has 6 heteroatoms. The molecule has 2 aromatic heterocycles. The summed E-state index contributed by atoms with van der Waals surface area (Å²) in [6, 6.07) is 17.5. The van der Waals surface area contributed by atoms with Crippen LogP contribution in [0.15, 0.2) is 64.5 Å². The first-order chi connectivity index (χ1) is 13.0. The molecule has 27 heavy (non-hydrogen) atoms. The van der Waals surface area contributed by atoms with Gasteiger partial charge in [0.2, 0.25) is 0 Å². The van der Waals surface area contributed by atoms with E-state index < -0.39 is 0 Å². The molecule has 0 radical (unpaired) electrons. The van der Waals surface area contributed by atoms with E-state index in [9.17, 15) is 4.79 Å². The predicted octanol–water partition coefficient (Wildman–Crippen LogP) is 6.01. The predicted molar refractivity (Wildman–Crippen MR) is 116 cm³/mol. The van der Waals surface area contributed by atoms with Gasteiger partial charge >= 0.3 is 0 Å². The van der Waals surface area contributed by atoms with Gasteiger partial charge in [0.1, 0.15) is 4.83 Å². The molecule has 0 aliphatic heterocycles. The molecule has 0 saturated heterocycles. The Labute approximate surface area is 170 Å². The summed E-state index contributed by atoms with van der Waals surface area (Å²) >= 11 is 9.11. The molecular formula is C21H17ClN2OS2. The largest absolute Gasteiger partial charge is 0.268 e. The molecule has 0 spiro atoms. The smallest absolute Gasteiger partial charge is 0.267 e. The summed E-state index contributed by atoms with van der Waals surface area (Å²) in [5, 5.41) is 2.14. The van der Waals surface area contributed by atoms with E-state index in [-0.39, 0.29) is 5.56 Å². The van der Waals surface area contributed by atoms with E-state index in [1.165, 1.54) is 0 Å². The first-order valence-corrected chi connectivity index (χ1v) is 10.7. The number of thioether (sulfide) groups is 1. The van der Waals surface area contributed by atoms with Crippen molar-refractivity contribution in [3.8, 4) is 5.69 Å². The topological polar surface area (TPSA) is 34.9 Å². The van der Waals surface area contributed by atoms with Crippen molar-refractivity contribution in [1.82, 2.24) is 9.55 Å². The molecule has 0 bridgehead atoms. The van der Waals surface area contributed by atoms with Crippen molar-refractivity contribution in [2.24, 2.45) is 0 Å². The van der Waals surface area contributed by atoms with Crippen LogP contribution in [0, 0.1) is 13.8 Å². The Kier molecular flexibility index (Phi) is 5.08. The van der Waals surface area contributed by atoms with Gasteiger partial charge in [-0.05, 0) is 49.2 Å². The van der Waals surface area contributed by atoms with Crippen LogP contribution in [0.1, 0.15) is 16.0 Å². The van der Waals surface area contributed by atoms with Crippen LogP contribution in [0.5, 0.6) is 0 Å². The number of hydrogen-bond acceptors (Lipinski definition) is 4. The SMILES string of the molecule is Cc1sc2nc(SCc3ccc(Cl)cc3)n(-c3ccccc3)c(=O)c2c1C. The van der Waals surface area contributed by atoms with E-state index in [1.807, 2.05) is 68.4 Å². The lowest BCUT2D eigenvalue weighted by Gasteiger charge is -2.12. The number of aromatic nitrogens is 2.